The molecule has 0 spiro atoms. The van der Waals surface area contributed by atoms with Crippen LogP contribution in [0.3, 0.4) is 0 Å². The van der Waals surface area contributed by atoms with E-state index < -0.39 is 83.6 Å². The number of pyridine rings is 1. The molecule has 2 aliphatic heterocycles. The number of hydrogen-bond donors (Lipinski definition) is 2. The van der Waals surface area contributed by atoms with Gasteiger partial charge in [0.2, 0.25) is 0 Å². The summed E-state index contributed by atoms with van der Waals surface area (Å²) < 4.78 is 38.1. The van der Waals surface area contributed by atoms with Crippen LogP contribution in [0.2, 0.25) is 0 Å². The van der Waals surface area contributed by atoms with Crippen molar-refractivity contribution >= 4 is 17.7 Å². The van der Waals surface area contributed by atoms with Crippen LogP contribution in [0.1, 0.15) is 93.2 Å². The van der Waals surface area contributed by atoms with Crippen molar-refractivity contribution < 1.29 is 53.0 Å². The Hall–Kier alpha value is -2.52. The van der Waals surface area contributed by atoms with E-state index in [9.17, 15) is 24.6 Å². The minimum Gasteiger partial charge on any atom is -0.461 e. The van der Waals surface area contributed by atoms with Crippen LogP contribution in [-0.2, 0) is 49.2 Å². The van der Waals surface area contributed by atoms with Crippen LogP contribution in [0.4, 0.5) is 0 Å². The standard InChI is InChI=1S/C41H66N2O11/c1-12-31-41(8,48)36(46)25(4)33(45)23(2)21-40(7,50-11)37(54-39-35(49-10)30(19-24(3)51-39)43(9)22-28-16-17-28)26(5)34(27(6)38(47)52-31)53-32(44)20-29-15-13-14-18-42-29/h13-15,18,23-28,30-31,34-37,39,46,48H,12,16-17,19-22H2,1-11H3/t23-,24+,25-,26+,27-,30-,31-,34+,35+,36-,37-,39?,40-,41-/m1/s1. The van der Waals surface area contributed by atoms with Crippen LogP contribution in [0.15, 0.2) is 24.4 Å². The Morgan fingerprint density at radius 1 is 1.06 bits per heavy atom. The second-order valence-electron chi connectivity index (χ2n) is 16.7. The summed E-state index contributed by atoms with van der Waals surface area (Å²) in [6.45, 7) is 14.6. The minimum absolute atomic E-state index is 0.0190. The summed E-state index contributed by atoms with van der Waals surface area (Å²) in [5.41, 5.74) is -2.71. The van der Waals surface area contributed by atoms with Gasteiger partial charge in [0.1, 0.15) is 29.7 Å². The number of cyclic esters (lactones) is 1. The molecule has 1 aliphatic carbocycles. The Kier molecular flexibility index (Phi) is 15.2. The molecule has 0 amide bonds. The van der Waals surface area contributed by atoms with Gasteiger partial charge in [-0.3, -0.25) is 19.4 Å². The molecule has 3 heterocycles. The van der Waals surface area contributed by atoms with Crippen LogP contribution in [0.5, 0.6) is 0 Å². The highest BCUT2D eigenvalue weighted by molar-refractivity contribution is 5.83. The van der Waals surface area contributed by atoms with E-state index in [1.807, 2.05) is 20.8 Å². The Morgan fingerprint density at radius 3 is 2.31 bits per heavy atom. The molecule has 0 bridgehead atoms. The Morgan fingerprint density at radius 2 is 1.74 bits per heavy atom. The van der Waals surface area contributed by atoms with E-state index in [4.69, 9.17) is 28.4 Å². The van der Waals surface area contributed by atoms with Gasteiger partial charge in [0.25, 0.3) is 0 Å². The molecule has 0 aromatic carbocycles. The van der Waals surface area contributed by atoms with Gasteiger partial charge in [0.05, 0.1) is 41.9 Å². The fourth-order valence-corrected chi connectivity index (χ4v) is 8.64. The number of aliphatic hydroxyl groups is 2. The number of aromatic nitrogens is 1. The highest BCUT2D eigenvalue weighted by Gasteiger charge is 2.53. The second kappa shape index (κ2) is 18.6. The van der Waals surface area contributed by atoms with Gasteiger partial charge in [-0.25, -0.2) is 0 Å². The lowest BCUT2D eigenvalue weighted by atomic mass is 9.74. The van der Waals surface area contributed by atoms with Crippen molar-refractivity contribution in [3.8, 4) is 0 Å². The zero-order valence-corrected chi connectivity index (χ0v) is 34.2. The Labute approximate surface area is 321 Å². The number of carbonyl (C=O) groups excluding carboxylic acids is 3. The monoisotopic (exact) mass is 762 g/mol. The maximum atomic E-state index is 14.1. The largest absolute Gasteiger partial charge is 0.461 e. The van der Waals surface area contributed by atoms with Gasteiger partial charge in [0.15, 0.2) is 6.29 Å². The lowest BCUT2D eigenvalue weighted by Crippen LogP contribution is -2.61. The summed E-state index contributed by atoms with van der Waals surface area (Å²) >= 11 is 0. The van der Waals surface area contributed by atoms with Crippen molar-refractivity contribution in [1.29, 1.82) is 0 Å². The number of likely N-dealkylation sites (N-methyl/N-ethyl adjacent to an activating group) is 1. The van der Waals surface area contributed by atoms with Gasteiger partial charge in [0, 0.05) is 50.8 Å². The summed E-state index contributed by atoms with van der Waals surface area (Å²) in [7, 11) is 5.27. The van der Waals surface area contributed by atoms with Crippen molar-refractivity contribution in [3.05, 3.63) is 30.1 Å². The molecule has 1 unspecified atom stereocenters. The molecule has 0 radical (unpaired) electrons. The molecule has 1 saturated carbocycles. The van der Waals surface area contributed by atoms with Crippen LogP contribution in [0, 0.1) is 29.6 Å². The predicted molar refractivity (Wildman–Crippen MR) is 200 cm³/mol. The number of aliphatic hydroxyl groups excluding tert-OH is 1. The molecule has 3 fully saturated rings. The topological polar surface area (TPSA) is 163 Å². The fraction of sp³-hybridized carbons (Fsp3) is 0.805. The average Bonchev–Trinajstić information content (AvgIpc) is 3.96. The lowest BCUT2D eigenvalue weighted by Gasteiger charge is -2.49. The van der Waals surface area contributed by atoms with Crippen molar-refractivity contribution in [3.63, 3.8) is 0 Å². The number of Topliss-reactive ketones (excluding diaryl/α,β-unsaturated/α-hetero) is 1. The van der Waals surface area contributed by atoms with Crippen LogP contribution in [0.25, 0.3) is 0 Å². The normalized spacial score (nSPS) is 40.2. The first-order chi connectivity index (χ1) is 25.4. The van der Waals surface area contributed by atoms with Gasteiger partial charge in [-0.2, -0.15) is 0 Å². The number of nitrogens with zero attached hydrogens (tertiary/aromatic N) is 2. The molecule has 1 aromatic heterocycles. The van der Waals surface area contributed by atoms with E-state index in [2.05, 4.69) is 16.9 Å². The molecule has 1 aromatic rings. The molecule has 13 heteroatoms. The van der Waals surface area contributed by atoms with Gasteiger partial charge < -0.3 is 43.5 Å². The Bertz CT molecular complexity index is 1390. The van der Waals surface area contributed by atoms with E-state index in [0.29, 0.717) is 11.6 Å². The SMILES string of the molecule is CC[C@H]1OC(=O)[C@H](C)[C@@H](OC(=O)Cc2ccccn2)[C@H](C)[C@@H](OC2O[C@@H](C)C[C@@H](N(C)CC3CC3)[C@@H]2OC)[C@](C)(OC)C[C@@H](C)C(=O)[C@@H](C)[C@@H](O)[C@]1(C)O. The smallest absolute Gasteiger partial charge is 0.312 e. The van der Waals surface area contributed by atoms with Crippen molar-refractivity contribution in [2.45, 2.75) is 154 Å². The second-order valence-corrected chi connectivity index (χ2v) is 16.7. The number of rotatable bonds is 11. The third-order valence-electron chi connectivity index (χ3n) is 12.2. The summed E-state index contributed by atoms with van der Waals surface area (Å²) in [4.78, 5) is 48.4. The molecular weight excluding hydrogens is 696 g/mol. The average molecular weight is 763 g/mol. The van der Waals surface area contributed by atoms with Crippen molar-refractivity contribution in [1.82, 2.24) is 9.88 Å². The molecule has 3 aliphatic rings. The molecule has 54 heavy (non-hydrogen) atoms. The van der Waals surface area contributed by atoms with Crippen LogP contribution in [-0.4, -0.2) is 126 Å². The molecule has 13 nitrogen and oxygen atoms in total. The van der Waals surface area contributed by atoms with Gasteiger partial charge >= 0.3 is 11.9 Å². The summed E-state index contributed by atoms with van der Waals surface area (Å²) in [5.74, 6) is -4.52. The third-order valence-corrected chi connectivity index (χ3v) is 12.2. The van der Waals surface area contributed by atoms with Gasteiger partial charge in [-0.05, 0) is 84.9 Å². The highest BCUT2D eigenvalue weighted by atomic mass is 16.7. The van der Waals surface area contributed by atoms with E-state index in [-0.39, 0.29) is 37.2 Å². The highest BCUT2D eigenvalue weighted by Crippen LogP contribution is 2.41. The van der Waals surface area contributed by atoms with E-state index in [0.717, 1.165) is 13.0 Å². The van der Waals surface area contributed by atoms with Crippen molar-refractivity contribution in [2.24, 2.45) is 29.6 Å². The van der Waals surface area contributed by atoms with Gasteiger partial charge in [-0.1, -0.05) is 33.8 Å². The number of ether oxygens (including phenoxy) is 6. The van der Waals surface area contributed by atoms with Gasteiger partial charge in [-0.15, -0.1) is 0 Å². The van der Waals surface area contributed by atoms with E-state index in [1.165, 1.54) is 26.9 Å². The molecule has 4 rings (SSSR count). The quantitative estimate of drug-likeness (QED) is 0.310. The summed E-state index contributed by atoms with van der Waals surface area (Å²) in [6, 6.07) is 5.22. The maximum Gasteiger partial charge on any atom is 0.312 e. The lowest BCUT2D eigenvalue weighted by molar-refractivity contribution is -0.306. The Balaban J connectivity index is 1.82. The van der Waals surface area contributed by atoms with E-state index in [1.54, 1.807) is 59.2 Å². The first-order valence-electron chi connectivity index (χ1n) is 19.7. The number of carbonyl (C=O) groups is 3. The zero-order chi connectivity index (χ0) is 40.1. The number of esters is 2. The van der Waals surface area contributed by atoms with Crippen LogP contribution < -0.4 is 0 Å². The van der Waals surface area contributed by atoms with E-state index >= 15 is 0 Å². The third kappa shape index (κ3) is 10.3. The molecule has 2 N–H and O–H groups in total. The van der Waals surface area contributed by atoms with Crippen LogP contribution >= 0.6 is 0 Å². The number of ketones is 1. The number of hydrogen-bond acceptors (Lipinski definition) is 13. The first kappa shape index (κ1) is 44.2. The maximum absolute atomic E-state index is 14.1. The van der Waals surface area contributed by atoms with Crippen molar-refractivity contribution in [2.75, 3.05) is 27.8 Å². The number of methoxy groups -OCH3 is 2. The molecule has 2 saturated heterocycles. The summed E-state index contributed by atoms with van der Waals surface area (Å²) in [6.07, 6.45) is -1.50. The zero-order valence-electron chi connectivity index (χ0n) is 34.2. The first-order valence-corrected chi connectivity index (χ1v) is 19.7. The molecular formula is C41H66N2O11. The molecule has 306 valence electrons. The molecule has 14 atom stereocenters. The predicted octanol–water partition coefficient (Wildman–Crippen LogP) is 4.14. The fourth-order valence-electron chi connectivity index (χ4n) is 8.64. The minimum atomic E-state index is -1.97. The summed E-state index contributed by atoms with van der Waals surface area (Å²) in [5, 5.41) is 23.1.